The van der Waals surface area contributed by atoms with Gasteiger partial charge in [-0.1, -0.05) is 12.1 Å². The van der Waals surface area contributed by atoms with Crippen molar-refractivity contribution in [3.8, 4) is 0 Å². The highest BCUT2D eigenvalue weighted by Gasteiger charge is 2.26. The summed E-state index contributed by atoms with van der Waals surface area (Å²) in [4.78, 5) is 14.2. The van der Waals surface area contributed by atoms with Crippen LogP contribution in [0.1, 0.15) is 28.8 Å². The third-order valence-corrected chi connectivity index (χ3v) is 3.62. The lowest BCUT2D eigenvalue weighted by atomic mass is 10.1. The van der Waals surface area contributed by atoms with Gasteiger partial charge in [-0.05, 0) is 36.5 Å². The Morgan fingerprint density at radius 2 is 2.16 bits per heavy atom. The first kappa shape index (κ1) is 14.0. The van der Waals surface area contributed by atoms with Gasteiger partial charge in [0.25, 0.3) is 5.91 Å². The number of nitrogens with zero attached hydrogens (tertiary/aromatic N) is 1. The number of carbonyl (C=O) groups excluding carboxylic acids is 1. The second-order valence-electron chi connectivity index (χ2n) is 5.05. The zero-order chi connectivity index (χ0) is 13.7. The van der Waals surface area contributed by atoms with E-state index in [-0.39, 0.29) is 12.5 Å². The predicted octanol–water partition coefficient (Wildman–Crippen LogP) is 1.68. The number of rotatable bonds is 5. The van der Waals surface area contributed by atoms with Crippen molar-refractivity contribution in [1.29, 1.82) is 0 Å². The van der Waals surface area contributed by atoms with Gasteiger partial charge in [-0.15, -0.1) is 0 Å². The van der Waals surface area contributed by atoms with Gasteiger partial charge in [-0.25, -0.2) is 0 Å². The van der Waals surface area contributed by atoms with Gasteiger partial charge in [0.2, 0.25) is 0 Å². The molecule has 1 unspecified atom stereocenters. The molecule has 19 heavy (non-hydrogen) atoms. The van der Waals surface area contributed by atoms with Gasteiger partial charge in [0.1, 0.15) is 0 Å². The molecule has 104 valence electrons. The molecule has 4 nitrogen and oxygen atoms in total. The van der Waals surface area contributed by atoms with E-state index in [0.29, 0.717) is 12.5 Å². The first-order valence-electron chi connectivity index (χ1n) is 6.72. The van der Waals surface area contributed by atoms with E-state index >= 15 is 0 Å². The number of amides is 1. The standard InChI is InChI=1S/C15H21NO3/c1-19-11-13-2-4-14(5-3-13)15(18)16-8-6-12(10-16)7-9-17/h2-5,12,17H,6-11H2,1H3. The van der Waals surface area contributed by atoms with Gasteiger partial charge in [0.15, 0.2) is 0 Å². The lowest BCUT2D eigenvalue weighted by Crippen LogP contribution is -2.28. The van der Waals surface area contributed by atoms with Crippen LogP contribution in [0.25, 0.3) is 0 Å². The largest absolute Gasteiger partial charge is 0.396 e. The Kier molecular flexibility index (Phi) is 4.93. The number of carbonyl (C=O) groups is 1. The summed E-state index contributed by atoms with van der Waals surface area (Å²) in [5.41, 5.74) is 1.79. The summed E-state index contributed by atoms with van der Waals surface area (Å²) >= 11 is 0. The van der Waals surface area contributed by atoms with Gasteiger partial charge in [0.05, 0.1) is 6.61 Å². The Morgan fingerprint density at radius 1 is 1.42 bits per heavy atom. The second kappa shape index (κ2) is 6.68. The van der Waals surface area contributed by atoms with Crippen LogP contribution >= 0.6 is 0 Å². The molecule has 0 aromatic heterocycles. The summed E-state index contributed by atoms with van der Waals surface area (Å²) in [5, 5.41) is 8.93. The minimum absolute atomic E-state index is 0.0874. The van der Waals surface area contributed by atoms with E-state index in [1.165, 1.54) is 0 Å². The second-order valence-corrected chi connectivity index (χ2v) is 5.05. The lowest BCUT2D eigenvalue weighted by Gasteiger charge is -2.16. The van der Waals surface area contributed by atoms with Crippen LogP contribution in [0, 0.1) is 5.92 Å². The molecule has 0 spiro atoms. The van der Waals surface area contributed by atoms with E-state index < -0.39 is 0 Å². The van der Waals surface area contributed by atoms with E-state index in [0.717, 1.165) is 37.1 Å². The molecule has 1 fully saturated rings. The molecule has 0 bridgehead atoms. The minimum Gasteiger partial charge on any atom is -0.396 e. The summed E-state index contributed by atoms with van der Waals surface area (Å²) in [6.45, 7) is 2.33. The van der Waals surface area contributed by atoms with Crippen LogP contribution in [0.3, 0.4) is 0 Å². The molecule has 1 saturated heterocycles. The SMILES string of the molecule is COCc1ccc(C(=O)N2CCC(CCO)C2)cc1. The Hall–Kier alpha value is -1.39. The van der Waals surface area contributed by atoms with Crippen LogP contribution in [0.4, 0.5) is 0 Å². The number of ether oxygens (including phenoxy) is 1. The zero-order valence-electron chi connectivity index (χ0n) is 11.3. The Morgan fingerprint density at radius 3 is 2.79 bits per heavy atom. The Labute approximate surface area is 114 Å². The molecule has 1 atom stereocenters. The maximum absolute atomic E-state index is 12.3. The van der Waals surface area contributed by atoms with Gasteiger partial charge in [-0.2, -0.15) is 0 Å². The zero-order valence-corrected chi connectivity index (χ0v) is 11.3. The number of hydrogen-bond donors (Lipinski definition) is 1. The van der Waals surface area contributed by atoms with Crippen LogP contribution in [-0.4, -0.2) is 42.7 Å². The Bertz CT molecular complexity index is 416. The summed E-state index contributed by atoms with van der Waals surface area (Å²) in [6.07, 6.45) is 1.78. The highest BCUT2D eigenvalue weighted by molar-refractivity contribution is 5.94. The van der Waals surface area contributed by atoms with E-state index in [9.17, 15) is 4.79 Å². The maximum atomic E-state index is 12.3. The monoisotopic (exact) mass is 263 g/mol. The van der Waals surface area contributed by atoms with Gasteiger partial charge < -0.3 is 14.7 Å². The highest BCUT2D eigenvalue weighted by Crippen LogP contribution is 2.21. The maximum Gasteiger partial charge on any atom is 0.253 e. The summed E-state index contributed by atoms with van der Waals surface area (Å²) < 4.78 is 5.05. The van der Waals surface area contributed by atoms with Crippen LogP contribution < -0.4 is 0 Å². The smallest absolute Gasteiger partial charge is 0.253 e. The lowest BCUT2D eigenvalue weighted by molar-refractivity contribution is 0.0784. The van der Waals surface area contributed by atoms with Gasteiger partial charge in [0, 0.05) is 32.4 Å². The third kappa shape index (κ3) is 3.55. The molecule has 1 aliphatic heterocycles. The number of methoxy groups -OCH3 is 1. The molecule has 2 rings (SSSR count). The third-order valence-electron chi connectivity index (χ3n) is 3.62. The molecule has 1 heterocycles. The number of hydrogen-bond acceptors (Lipinski definition) is 3. The number of aliphatic hydroxyl groups is 1. The van der Waals surface area contributed by atoms with Crippen LogP contribution in [-0.2, 0) is 11.3 Å². The molecular weight excluding hydrogens is 242 g/mol. The van der Waals surface area contributed by atoms with E-state index in [1.54, 1.807) is 7.11 Å². The van der Waals surface area contributed by atoms with E-state index in [2.05, 4.69) is 0 Å². The number of aliphatic hydroxyl groups excluding tert-OH is 1. The van der Waals surface area contributed by atoms with Crippen LogP contribution in [0.15, 0.2) is 24.3 Å². The number of benzene rings is 1. The van der Waals surface area contributed by atoms with Gasteiger partial charge >= 0.3 is 0 Å². The van der Waals surface area contributed by atoms with Gasteiger partial charge in [-0.3, -0.25) is 4.79 Å². The predicted molar refractivity (Wildman–Crippen MR) is 72.9 cm³/mol. The van der Waals surface area contributed by atoms with Crippen molar-refractivity contribution in [2.45, 2.75) is 19.4 Å². The molecular formula is C15H21NO3. The molecule has 0 radical (unpaired) electrons. The normalized spacial score (nSPS) is 18.8. The first-order chi connectivity index (χ1) is 9.24. The van der Waals surface area contributed by atoms with Crippen molar-refractivity contribution in [3.05, 3.63) is 35.4 Å². The van der Waals surface area contributed by atoms with Crippen molar-refractivity contribution in [2.24, 2.45) is 5.92 Å². The minimum atomic E-state index is 0.0874. The van der Waals surface area contributed by atoms with Crippen molar-refractivity contribution >= 4 is 5.91 Å². The van der Waals surface area contributed by atoms with Crippen LogP contribution in [0.2, 0.25) is 0 Å². The van der Waals surface area contributed by atoms with Crippen molar-refractivity contribution in [3.63, 3.8) is 0 Å². The summed E-state index contributed by atoms with van der Waals surface area (Å²) in [5.74, 6) is 0.533. The van der Waals surface area contributed by atoms with Crippen molar-refractivity contribution in [1.82, 2.24) is 4.90 Å². The first-order valence-corrected chi connectivity index (χ1v) is 6.72. The van der Waals surface area contributed by atoms with Crippen molar-refractivity contribution in [2.75, 3.05) is 26.8 Å². The summed E-state index contributed by atoms with van der Waals surface area (Å²) in [6, 6.07) is 7.57. The molecule has 0 saturated carbocycles. The molecule has 1 N–H and O–H groups in total. The fourth-order valence-electron chi connectivity index (χ4n) is 2.53. The molecule has 1 amide bonds. The topological polar surface area (TPSA) is 49.8 Å². The molecule has 1 aromatic carbocycles. The fourth-order valence-corrected chi connectivity index (χ4v) is 2.53. The van der Waals surface area contributed by atoms with Crippen molar-refractivity contribution < 1.29 is 14.6 Å². The van der Waals surface area contributed by atoms with E-state index in [1.807, 2.05) is 29.2 Å². The van der Waals surface area contributed by atoms with E-state index in [4.69, 9.17) is 9.84 Å². The Balaban J connectivity index is 1.96. The summed E-state index contributed by atoms with van der Waals surface area (Å²) in [7, 11) is 1.66. The molecule has 4 heteroatoms. The average molecular weight is 263 g/mol. The van der Waals surface area contributed by atoms with Crippen LogP contribution in [0.5, 0.6) is 0 Å². The highest BCUT2D eigenvalue weighted by atomic mass is 16.5. The molecule has 1 aliphatic rings. The molecule has 1 aromatic rings. The fraction of sp³-hybridized carbons (Fsp3) is 0.533. The quantitative estimate of drug-likeness (QED) is 0.879. The average Bonchev–Trinajstić information content (AvgIpc) is 2.88. The molecule has 0 aliphatic carbocycles. The number of likely N-dealkylation sites (tertiary alicyclic amines) is 1.